The SMILES string of the molecule is CCOC(=O)C1=Cc2c3nc(cc4[nH]c(cc5[nH]c(cc6nc2C1(CC)C6CC)c(CC)c5CC)c(CC)c4CC)C(CC)=C3CC. The van der Waals surface area contributed by atoms with E-state index in [0.717, 1.165) is 102 Å². The largest absolute Gasteiger partial charge is 0.463 e. The number of aromatic amines is 2. The van der Waals surface area contributed by atoms with E-state index in [1.807, 2.05) is 6.92 Å². The van der Waals surface area contributed by atoms with E-state index in [9.17, 15) is 4.79 Å². The Bertz CT molecular complexity index is 1970. The number of aromatic nitrogens is 4. The van der Waals surface area contributed by atoms with Crippen molar-refractivity contribution in [1.29, 1.82) is 0 Å². The van der Waals surface area contributed by atoms with Crippen molar-refractivity contribution < 1.29 is 9.53 Å². The molecule has 8 bridgehead atoms. The summed E-state index contributed by atoms with van der Waals surface area (Å²) >= 11 is 0. The second-order valence-electron chi connectivity index (χ2n) is 13.0. The average Bonchev–Trinajstić information content (AvgIpc) is 3.84. The van der Waals surface area contributed by atoms with Gasteiger partial charge in [-0.05, 0) is 116 Å². The quantitative estimate of drug-likeness (QED) is 0.218. The Hall–Kier alpha value is -3.93. The van der Waals surface area contributed by atoms with Crippen LogP contribution in [0.5, 0.6) is 0 Å². The smallest absolute Gasteiger partial charge is 0.335 e. The Labute approximate surface area is 280 Å². The Morgan fingerprint density at radius 1 is 0.723 bits per heavy atom. The molecule has 0 saturated carbocycles. The van der Waals surface area contributed by atoms with E-state index < -0.39 is 5.41 Å². The van der Waals surface area contributed by atoms with Gasteiger partial charge >= 0.3 is 5.97 Å². The van der Waals surface area contributed by atoms with Crippen LogP contribution in [0.25, 0.3) is 39.3 Å². The first kappa shape index (κ1) is 33.0. The summed E-state index contributed by atoms with van der Waals surface area (Å²) in [7, 11) is 0. The molecule has 3 aromatic heterocycles. The number of nitrogens with zero attached hydrogens (tertiary/aromatic N) is 2. The van der Waals surface area contributed by atoms with Crippen LogP contribution in [-0.4, -0.2) is 32.5 Å². The molecule has 0 radical (unpaired) electrons. The summed E-state index contributed by atoms with van der Waals surface area (Å²) in [6.45, 7) is 20.1. The van der Waals surface area contributed by atoms with E-state index in [2.05, 4.69) is 89.6 Å². The first-order valence-corrected chi connectivity index (χ1v) is 18.2. The Morgan fingerprint density at radius 3 is 1.77 bits per heavy atom. The molecule has 47 heavy (non-hydrogen) atoms. The van der Waals surface area contributed by atoms with Crippen molar-refractivity contribution in [2.75, 3.05) is 6.61 Å². The lowest BCUT2D eigenvalue weighted by Gasteiger charge is -2.33. The van der Waals surface area contributed by atoms with E-state index in [1.54, 1.807) is 0 Å². The summed E-state index contributed by atoms with van der Waals surface area (Å²) in [6.07, 6.45) is 9.19. The molecular formula is C41H52N4O2. The number of nitrogens with one attached hydrogen (secondary N) is 2. The molecule has 0 aromatic carbocycles. The number of rotatable bonds is 10. The maximum Gasteiger partial charge on any atom is 0.335 e. The van der Waals surface area contributed by atoms with Gasteiger partial charge in [0.1, 0.15) is 0 Å². The summed E-state index contributed by atoms with van der Waals surface area (Å²) < 4.78 is 5.76. The van der Waals surface area contributed by atoms with Gasteiger partial charge < -0.3 is 14.7 Å². The van der Waals surface area contributed by atoms with Crippen LogP contribution in [0.1, 0.15) is 145 Å². The van der Waals surface area contributed by atoms with Crippen LogP contribution >= 0.6 is 0 Å². The molecule has 1 aliphatic carbocycles. The molecular weight excluding hydrogens is 580 g/mol. The molecule has 0 amide bonds. The highest BCUT2D eigenvalue weighted by Crippen LogP contribution is 2.58. The van der Waals surface area contributed by atoms with Gasteiger partial charge in [0, 0.05) is 39.2 Å². The summed E-state index contributed by atoms with van der Waals surface area (Å²) in [5.41, 5.74) is 17.7. The molecule has 2 unspecified atom stereocenters. The molecule has 6 rings (SSSR count). The highest BCUT2D eigenvalue weighted by atomic mass is 16.5. The first-order valence-electron chi connectivity index (χ1n) is 18.2. The van der Waals surface area contributed by atoms with Crippen LogP contribution in [0.4, 0.5) is 0 Å². The lowest BCUT2D eigenvalue weighted by molar-refractivity contribution is -0.139. The number of esters is 1. The standard InChI is InChI=1S/C41H52N4O2/c1-10-23-24(11-2)34-21-36-27(14-5)28(15-6)38(44-36)29-19-31(40(46)47-18-9)41(17-8)30(16-7)37(45-39(29)41)22-35-26(13-4)25(12-3)33(43-35)20-32(23)42-34/h19-22,30,42-43H,10-18H2,1-9H3. The van der Waals surface area contributed by atoms with Crippen molar-refractivity contribution in [2.24, 2.45) is 0 Å². The van der Waals surface area contributed by atoms with E-state index in [-0.39, 0.29) is 11.9 Å². The lowest BCUT2D eigenvalue weighted by atomic mass is 9.67. The zero-order chi connectivity index (χ0) is 33.6. The number of carbonyl (C=O) groups excluding carboxylic acids is 1. The average molecular weight is 633 g/mol. The monoisotopic (exact) mass is 632 g/mol. The fourth-order valence-electron chi connectivity index (χ4n) is 9.06. The highest BCUT2D eigenvalue weighted by molar-refractivity contribution is 6.03. The zero-order valence-electron chi connectivity index (χ0n) is 30.0. The number of hydrogen-bond donors (Lipinski definition) is 2. The van der Waals surface area contributed by atoms with Crippen molar-refractivity contribution in [3.8, 4) is 0 Å². The van der Waals surface area contributed by atoms with E-state index in [1.165, 1.54) is 38.9 Å². The van der Waals surface area contributed by atoms with Crippen molar-refractivity contribution >= 4 is 45.3 Å². The number of H-pyrrole nitrogens is 2. The van der Waals surface area contributed by atoms with Crippen LogP contribution in [0.3, 0.4) is 0 Å². The van der Waals surface area contributed by atoms with Gasteiger partial charge in [-0.3, -0.25) is 4.98 Å². The summed E-state index contributed by atoms with van der Waals surface area (Å²) in [5, 5.41) is 0. The fraction of sp³-hybridized carbons (Fsp3) is 0.488. The maximum absolute atomic E-state index is 13.9. The molecule has 2 aliphatic heterocycles. The van der Waals surface area contributed by atoms with Gasteiger partial charge in [0.25, 0.3) is 0 Å². The van der Waals surface area contributed by atoms with Gasteiger partial charge in [0.15, 0.2) is 0 Å². The van der Waals surface area contributed by atoms with E-state index >= 15 is 0 Å². The minimum atomic E-state index is -0.558. The number of allylic oxidation sites excluding steroid dienone is 2. The second-order valence-corrected chi connectivity index (χ2v) is 13.0. The van der Waals surface area contributed by atoms with Gasteiger partial charge in [0.2, 0.25) is 0 Å². The number of ether oxygens (including phenoxy) is 1. The molecule has 6 heteroatoms. The van der Waals surface area contributed by atoms with Gasteiger partial charge in [-0.1, -0.05) is 55.4 Å². The molecule has 2 N–H and O–H groups in total. The molecule has 2 atom stereocenters. The topological polar surface area (TPSA) is 83.7 Å². The molecule has 0 spiro atoms. The molecule has 0 fully saturated rings. The van der Waals surface area contributed by atoms with Crippen molar-refractivity contribution in [3.05, 3.63) is 74.4 Å². The Kier molecular flexibility index (Phi) is 9.08. The molecule has 0 saturated heterocycles. The minimum Gasteiger partial charge on any atom is -0.463 e. The molecule has 248 valence electrons. The lowest BCUT2D eigenvalue weighted by Crippen LogP contribution is -2.34. The predicted octanol–water partition coefficient (Wildman–Crippen LogP) is 10.1. The summed E-state index contributed by atoms with van der Waals surface area (Å²) in [5.74, 6) is -0.200. The predicted molar refractivity (Wildman–Crippen MR) is 196 cm³/mol. The highest BCUT2D eigenvalue weighted by Gasteiger charge is 2.54. The van der Waals surface area contributed by atoms with Crippen LogP contribution in [-0.2, 0) is 40.6 Å². The van der Waals surface area contributed by atoms with Crippen LogP contribution in [0, 0.1) is 0 Å². The zero-order valence-corrected chi connectivity index (χ0v) is 30.0. The van der Waals surface area contributed by atoms with Crippen LogP contribution in [0.15, 0.2) is 23.8 Å². The van der Waals surface area contributed by atoms with Gasteiger partial charge in [-0.15, -0.1) is 0 Å². The summed E-state index contributed by atoms with van der Waals surface area (Å²) in [4.78, 5) is 32.5. The number of hydrogen-bond acceptors (Lipinski definition) is 4. The molecule has 6 nitrogen and oxygen atoms in total. The van der Waals surface area contributed by atoms with E-state index in [4.69, 9.17) is 14.7 Å². The third-order valence-corrected chi connectivity index (χ3v) is 11.1. The third kappa shape index (κ3) is 4.85. The summed E-state index contributed by atoms with van der Waals surface area (Å²) in [6, 6.07) is 6.89. The van der Waals surface area contributed by atoms with Gasteiger partial charge in [-0.25, -0.2) is 9.78 Å². The minimum absolute atomic E-state index is 0.0397. The van der Waals surface area contributed by atoms with Gasteiger partial charge in [0.05, 0.1) is 34.7 Å². The second kappa shape index (κ2) is 12.9. The number of aryl methyl sites for hydroxylation is 4. The fourth-order valence-corrected chi connectivity index (χ4v) is 9.06. The molecule has 3 aromatic rings. The Balaban J connectivity index is 1.88. The molecule has 3 aliphatic rings. The molecule has 5 heterocycles. The van der Waals surface area contributed by atoms with Crippen molar-refractivity contribution in [1.82, 2.24) is 19.9 Å². The van der Waals surface area contributed by atoms with Crippen molar-refractivity contribution in [2.45, 2.75) is 125 Å². The van der Waals surface area contributed by atoms with Gasteiger partial charge in [-0.2, -0.15) is 0 Å². The van der Waals surface area contributed by atoms with Crippen molar-refractivity contribution in [3.63, 3.8) is 0 Å². The third-order valence-electron chi connectivity index (χ3n) is 11.1. The maximum atomic E-state index is 13.9. The normalized spacial score (nSPS) is 18.7. The number of carbonyl (C=O) groups is 1. The van der Waals surface area contributed by atoms with E-state index in [0.29, 0.717) is 6.61 Å². The van der Waals surface area contributed by atoms with Crippen LogP contribution < -0.4 is 0 Å². The first-order chi connectivity index (χ1) is 22.8. The Morgan fingerprint density at radius 2 is 1.28 bits per heavy atom. The van der Waals surface area contributed by atoms with Crippen LogP contribution in [0.2, 0.25) is 0 Å². The number of fused-ring (bicyclic) bond motifs is 8.